The fraction of sp³-hybridized carbons (Fsp3) is 0.182. The van der Waals surface area contributed by atoms with Crippen LogP contribution in [-0.4, -0.2) is 6.29 Å². The van der Waals surface area contributed by atoms with Crippen molar-refractivity contribution < 1.29 is 4.79 Å². The number of carbonyl (C=O) groups is 1. The largest absolute Gasteiger partial charge is 0.303 e. The van der Waals surface area contributed by atoms with E-state index in [-0.39, 0.29) is 0 Å². The molecular weight excluding hydrogens is 148 g/mol. The lowest BCUT2D eigenvalue weighted by Crippen LogP contribution is -1.73. The first kappa shape index (κ1) is 8.72. The van der Waals surface area contributed by atoms with Gasteiger partial charge in [0.05, 0.1) is 0 Å². The Morgan fingerprint density at radius 1 is 1.25 bits per heavy atom. The summed E-state index contributed by atoms with van der Waals surface area (Å²) in [5, 5.41) is 0. The van der Waals surface area contributed by atoms with Crippen molar-refractivity contribution in [2.45, 2.75) is 13.3 Å². The van der Waals surface area contributed by atoms with Gasteiger partial charge in [0.25, 0.3) is 0 Å². The van der Waals surface area contributed by atoms with Gasteiger partial charge in [-0.15, -0.1) is 0 Å². The molecule has 0 saturated carbocycles. The minimum absolute atomic E-state index is 0.494. The molecule has 0 heterocycles. The summed E-state index contributed by atoms with van der Waals surface area (Å²) in [5.74, 6) is 0. The summed E-state index contributed by atoms with van der Waals surface area (Å²) in [6.45, 7) is 2.05. The molecule has 0 fully saturated rings. The van der Waals surface area contributed by atoms with Crippen LogP contribution in [0.3, 0.4) is 0 Å². The maximum atomic E-state index is 10.00. The highest BCUT2D eigenvalue weighted by Gasteiger charge is 1.84. The standard InChI is InChI=1S/C11H12O/c1-10-5-7-11(8-6-10)4-2-3-9-12/h2,4-9H,3H2,1H3/b4-2-. The van der Waals surface area contributed by atoms with Gasteiger partial charge in [0.15, 0.2) is 0 Å². The van der Waals surface area contributed by atoms with E-state index in [9.17, 15) is 4.79 Å². The van der Waals surface area contributed by atoms with Gasteiger partial charge < -0.3 is 4.79 Å². The molecule has 0 amide bonds. The Hall–Kier alpha value is -1.37. The molecule has 0 aliphatic rings. The normalized spacial score (nSPS) is 10.4. The Kier molecular flexibility index (Phi) is 3.27. The summed E-state index contributed by atoms with van der Waals surface area (Å²) in [6, 6.07) is 8.19. The summed E-state index contributed by atoms with van der Waals surface area (Å²) < 4.78 is 0. The number of aldehydes is 1. The molecule has 0 unspecified atom stereocenters. The van der Waals surface area contributed by atoms with E-state index >= 15 is 0 Å². The van der Waals surface area contributed by atoms with Crippen LogP contribution in [0.4, 0.5) is 0 Å². The predicted octanol–water partition coefficient (Wildman–Crippen LogP) is 2.60. The quantitative estimate of drug-likeness (QED) is 0.621. The molecule has 0 N–H and O–H groups in total. The van der Waals surface area contributed by atoms with Crippen LogP contribution in [0.5, 0.6) is 0 Å². The smallest absolute Gasteiger partial charge is 0.123 e. The Bertz CT molecular complexity index is 270. The number of allylic oxidation sites excluding steroid dienone is 1. The van der Waals surface area contributed by atoms with Crippen molar-refractivity contribution in [1.82, 2.24) is 0 Å². The van der Waals surface area contributed by atoms with E-state index in [0.29, 0.717) is 6.42 Å². The van der Waals surface area contributed by atoms with E-state index in [1.165, 1.54) is 5.56 Å². The first-order chi connectivity index (χ1) is 5.83. The van der Waals surface area contributed by atoms with Crippen LogP contribution < -0.4 is 0 Å². The fourth-order valence-electron chi connectivity index (χ4n) is 0.937. The van der Waals surface area contributed by atoms with Crippen LogP contribution in [0, 0.1) is 6.92 Å². The Balaban J connectivity index is 2.64. The molecule has 0 aromatic heterocycles. The van der Waals surface area contributed by atoms with Crippen molar-refractivity contribution in [3.8, 4) is 0 Å². The van der Waals surface area contributed by atoms with Gasteiger partial charge in [0.1, 0.15) is 6.29 Å². The number of hydrogen-bond acceptors (Lipinski definition) is 1. The molecule has 0 saturated heterocycles. The van der Waals surface area contributed by atoms with Gasteiger partial charge in [0.2, 0.25) is 0 Å². The highest BCUT2D eigenvalue weighted by atomic mass is 16.1. The zero-order chi connectivity index (χ0) is 8.81. The maximum Gasteiger partial charge on any atom is 0.123 e. The number of rotatable bonds is 3. The van der Waals surface area contributed by atoms with E-state index in [1.54, 1.807) is 0 Å². The first-order valence-electron chi connectivity index (χ1n) is 4.00. The minimum Gasteiger partial charge on any atom is -0.303 e. The van der Waals surface area contributed by atoms with Crippen molar-refractivity contribution in [1.29, 1.82) is 0 Å². The van der Waals surface area contributed by atoms with Crippen molar-refractivity contribution in [2.24, 2.45) is 0 Å². The Labute approximate surface area is 72.7 Å². The van der Waals surface area contributed by atoms with Crippen molar-refractivity contribution >= 4 is 12.4 Å². The van der Waals surface area contributed by atoms with Gasteiger partial charge in [-0.05, 0) is 12.5 Å². The highest BCUT2D eigenvalue weighted by Crippen LogP contribution is 2.04. The molecule has 0 atom stereocenters. The molecule has 1 aromatic rings. The number of benzene rings is 1. The third-order valence-corrected chi connectivity index (χ3v) is 1.62. The fourth-order valence-corrected chi connectivity index (χ4v) is 0.937. The van der Waals surface area contributed by atoms with E-state index in [0.717, 1.165) is 11.8 Å². The molecule has 1 heteroatoms. The van der Waals surface area contributed by atoms with E-state index < -0.39 is 0 Å². The van der Waals surface area contributed by atoms with E-state index in [1.807, 2.05) is 24.3 Å². The molecule has 1 rings (SSSR count). The third-order valence-electron chi connectivity index (χ3n) is 1.62. The van der Waals surface area contributed by atoms with Crippen LogP contribution in [-0.2, 0) is 4.79 Å². The summed E-state index contributed by atoms with van der Waals surface area (Å²) >= 11 is 0. The summed E-state index contributed by atoms with van der Waals surface area (Å²) in [4.78, 5) is 10.00. The van der Waals surface area contributed by atoms with Crippen molar-refractivity contribution in [3.05, 3.63) is 41.5 Å². The summed E-state index contributed by atoms with van der Waals surface area (Å²) in [5.41, 5.74) is 2.39. The van der Waals surface area contributed by atoms with Crippen LogP contribution in [0.2, 0.25) is 0 Å². The predicted molar refractivity (Wildman–Crippen MR) is 50.9 cm³/mol. The molecular formula is C11H12O. The van der Waals surface area contributed by atoms with Crippen molar-refractivity contribution in [3.63, 3.8) is 0 Å². The minimum atomic E-state index is 0.494. The lowest BCUT2D eigenvalue weighted by atomic mass is 10.1. The molecule has 62 valence electrons. The summed E-state index contributed by atoms with van der Waals surface area (Å²) in [7, 11) is 0. The molecule has 0 bridgehead atoms. The van der Waals surface area contributed by atoms with E-state index in [2.05, 4.69) is 19.1 Å². The van der Waals surface area contributed by atoms with Gasteiger partial charge in [0, 0.05) is 6.42 Å². The second-order valence-corrected chi connectivity index (χ2v) is 2.72. The number of carbonyl (C=O) groups excluding carboxylic acids is 1. The van der Waals surface area contributed by atoms with Crippen LogP contribution in [0.15, 0.2) is 30.3 Å². The van der Waals surface area contributed by atoms with Gasteiger partial charge in [-0.1, -0.05) is 42.0 Å². The van der Waals surface area contributed by atoms with Gasteiger partial charge in [-0.25, -0.2) is 0 Å². The molecule has 0 radical (unpaired) electrons. The molecule has 0 aliphatic carbocycles. The zero-order valence-corrected chi connectivity index (χ0v) is 7.16. The van der Waals surface area contributed by atoms with E-state index in [4.69, 9.17) is 0 Å². The summed E-state index contributed by atoms with van der Waals surface area (Å²) in [6.07, 6.45) is 5.20. The van der Waals surface area contributed by atoms with Crippen LogP contribution in [0.1, 0.15) is 17.5 Å². The zero-order valence-electron chi connectivity index (χ0n) is 7.16. The average Bonchev–Trinajstić information content (AvgIpc) is 2.09. The van der Waals surface area contributed by atoms with Crippen LogP contribution >= 0.6 is 0 Å². The number of hydrogen-bond donors (Lipinski definition) is 0. The molecule has 12 heavy (non-hydrogen) atoms. The molecule has 1 aromatic carbocycles. The van der Waals surface area contributed by atoms with Crippen molar-refractivity contribution in [2.75, 3.05) is 0 Å². The second-order valence-electron chi connectivity index (χ2n) is 2.72. The Morgan fingerprint density at radius 3 is 2.50 bits per heavy atom. The SMILES string of the molecule is Cc1ccc(/C=C\CC=O)cc1. The Morgan fingerprint density at radius 2 is 1.92 bits per heavy atom. The molecule has 1 nitrogen and oxygen atoms in total. The lowest BCUT2D eigenvalue weighted by molar-refractivity contribution is -0.107. The third kappa shape index (κ3) is 2.70. The topological polar surface area (TPSA) is 17.1 Å². The monoisotopic (exact) mass is 160 g/mol. The van der Waals surface area contributed by atoms with Gasteiger partial charge in [-0.2, -0.15) is 0 Å². The van der Waals surface area contributed by atoms with Gasteiger partial charge in [-0.3, -0.25) is 0 Å². The maximum absolute atomic E-state index is 10.00. The first-order valence-corrected chi connectivity index (χ1v) is 4.00. The molecule has 0 aliphatic heterocycles. The highest BCUT2D eigenvalue weighted by molar-refractivity contribution is 5.57. The lowest BCUT2D eigenvalue weighted by Gasteiger charge is -1.93. The second kappa shape index (κ2) is 4.50. The average molecular weight is 160 g/mol. The number of aryl methyl sites for hydroxylation is 1. The van der Waals surface area contributed by atoms with Crippen LogP contribution in [0.25, 0.3) is 6.08 Å². The van der Waals surface area contributed by atoms with Gasteiger partial charge >= 0.3 is 0 Å². The molecule has 0 spiro atoms.